The van der Waals surface area contributed by atoms with Crippen LogP contribution in [0.4, 0.5) is 5.69 Å². The van der Waals surface area contributed by atoms with E-state index < -0.39 is 35.7 Å². The first-order valence-electron chi connectivity index (χ1n) is 7.26. The molecule has 1 aromatic carbocycles. The molecule has 0 aromatic heterocycles. The van der Waals surface area contributed by atoms with Gasteiger partial charge in [0, 0.05) is 5.56 Å². The van der Waals surface area contributed by atoms with Gasteiger partial charge in [0.1, 0.15) is 11.5 Å². The molecule has 4 aliphatic rings. The summed E-state index contributed by atoms with van der Waals surface area (Å²) in [5.74, 6) is -2.80. The Balaban J connectivity index is 1.69. The zero-order chi connectivity index (χ0) is 15.1. The van der Waals surface area contributed by atoms with Crippen LogP contribution >= 0.6 is 0 Å². The quantitative estimate of drug-likeness (QED) is 0.780. The topological polar surface area (TPSA) is 76.1 Å². The molecular weight excluding hydrogens is 286 g/mol. The molecule has 6 heteroatoms. The van der Waals surface area contributed by atoms with Crippen molar-refractivity contribution in [3.05, 3.63) is 42.0 Å². The maximum absolute atomic E-state index is 13.0. The van der Waals surface area contributed by atoms with Gasteiger partial charge in [-0.05, 0) is 12.1 Å². The number of carboxylic acids is 1. The van der Waals surface area contributed by atoms with Gasteiger partial charge in [-0.3, -0.25) is 14.5 Å². The molecule has 6 nitrogen and oxygen atoms in total. The van der Waals surface area contributed by atoms with Crippen LogP contribution in [0.3, 0.4) is 0 Å². The number of amides is 1. The second-order valence-electron chi connectivity index (χ2n) is 6.14. The second-order valence-corrected chi connectivity index (χ2v) is 6.14. The number of benzene rings is 1. The van der Waals surface area contributed by atoms with Crippen LogP contribution in [0.2, 0.25) is 0 Å². The fourth-order valence-electron chi connectivity index (χ4n) is 4.28. The number of aliphatic carboxylic acids is 1. The van der Waals surface area contributed by atoms with E-state index in [-0.39, 0.29) is 5.91 Å². The van der Waals surface area contributed by atoms with E-state index in [4.69, 9.17) is 9.47 Å². The zero-order valence-corrected chi connectivity index (χ0v) is 11.5. The predicted molar refractivity (Wildman–Crippen MR) is 73.9 cm³/mol. The van der Waals surface area contributed by atoms with Crippen LogP contribution in [0.25, 0.3) is 0 Å². The molecule has 5 atom stereocenters. The van der Waals surface area contributed by atoms with Gasteiger partial charge in [-0.1, -0.05) is 24.3 Å². The number of carboxylic acid groups (broad SMARTS) is 1. The van der Waals surface area contributed by atoms with Gasteiger partial charge in [0.25, 0.3) is 0 Å². The van der Waals surface area contributed by atoms with E-state index in [0.29, 0.717) is 6.61 Å². The fourth-order valence-corrected chi connectivity index (χ4v) is 4.28. The Morgan fingerprint density at radius 2 is 2.18 bits per heavy atom. The van der Waals surface area contributed by atoms with Crippen molar-refractivity contribution >= 4 is 17.6 Å². The Hall–Kier alpha value is -2.18. The molecule has 22 heavy (non-hydrogen) atoms. The van der Waals surface area contributed by atoms with Crippen LogP contribution in [0, 0.1) is 11.8 Å². The van der Waals surface area contributed by atoms with Crippen molar-refractivity contribution in [1.29, 1.82) is 0 Å². The van der Waals surface area contributed by atoms with Gasteiger partial charge >= 0.3 is 5.97 Å². The number of anilines is 1. The lowest BCUT2D eigenvalue weighted by atomic mass is 9.76. The molecule has 0 saturated carbocycles. The van der Waals surface area contributed by atoms with E-state index in [9.17, 15) is 14.7 Å². The number of hydrogen-bond donors (Lipinski definition) is 1. The van der Waals surface area contributed by atoms with E-state index in [1.54, 1.807) is 11.0 Å². The molecule has 2 fully saturated rings. The molecule has 4 heterocycles. The van der Waals surface area contributed by atoms with Crippen molar-refractivity contribution in [3.8, 4) is 0 Å². The Morgan fingerprint density at radius 1 is 1.36 bits per heavy atom. The number of carbonyl (C=O) groups is 2. The number of nitrogens with zero attached hydrogens (tertiary/aromatic N) is 1. The van der Waals surface area contributed by atoms with Gasteiger partial charge in [0.15, 0.2) is 6.23 Å². The third-order valence-corrected chi connectivity index (χ3v) is 5.14. The number of para-hydroxylation sites is 1. The number of rotatable bonds is 1. The van der Waals surface area contributed by atoms with Crippen molar-refractivity contribution in [1.82, 2.24) is 0 Å². The minimum Gasteiger partial charge on any atom is -0.481 e. The highest BCUT2D eigenvalue weighted by Gasteiger charge is 2.72. The summed E-state index contributed by atoms with van der Waals surface area (Å²) >= 11 is 0. The van der Waals surface area contributed by atoms with E-state index in [1.165, 1.54) is 0 Å². The summed E-state index contributed by atoms with van der Waals surface area (Å²) < 4.78 is 11.8. The Morgan fingerprint density at radius 3 is 3.00 bits per heavy atom. The molecule has 1 N–H and O–H groups in total. The first-order valence-corrected chi connectivity index (χ1v) is 7.26. The SMILES string of the molecule is O=C(O)[C@@H]1[C@H]2C=C[C@]3(O2)[C@@H]2OCc4ccccc4N2C(=O)[C@@H]13. The van der Waals surface area contributed by atoms with Crippen LogP contribution in [-0.4, -0.2) is 34.9 Å². The summed E-state index contributed by atoms with van der Waals surface area (Å²) in [7, 11) is 0. The van der Waals surface area contributed by atoms with Gasteiger partial charge in [0.05, 0.1) is 24.3 Å². The van der Waals surface area contributed by atoms with Gasteiger partial charge in [0.2, 0.25) is 5.91 Å². The standard InChI is InChI=1S/C16H13NO5/c18-13-12-11(14(19)20)10-5-6-16(12,22-10)15-17(13)9-4-2-1-3-8(9)7-21-15/h1-6,10-12,15H,7H2,(H,19,20)/t10-,11-,12-,15+,16-/m1/s1. The molecule has 2 bridgehead atoms. The first-order chi connectivity index (χ1) is 10.6. The van der Waals surface area contributed by atoms with Crippen LogP contribution < -0.4 is 4.90 Å². The highest BCUT2D eigenvalue weighted by molar-refractivity contribution is 6.03. The summed E-state index contributed by atoms with van der Waals surface area (Å²) in [4.78, 5) is 26.1. The molecule has 4 aliphatic heterocycles. The third kappa shape index (κ3) is 1.20. The Bertz CT molecular complexity index is 744. The van der Waals surface area contributed by atoms with E-state index in [0.717, 1.165) is 11.3 Å². The lowest BCUT2D eigenvalue weighted by Gasteiger charge is -2.37. The molecule has 1 amide bonds. The average molecular weight is 299 g/mol. The smallest absolute Gasteiger partial charge is 0.310 e. The van der Waals surface area contributed by atoms with E-state index in [2.05, 4.69) is 0 Å². The monoisotopic (exact) mass is 299 g/mol. The highest BCUT2D eigenvalue weighted by Crippen LogP contribution is 2.57. The highest BCUT2D eigenvalue weighted by atomic mass is 16.6. The van der Waals surface area contributed by atoms with Crippen molar-refractivity contribution in [2.45, 2.75) is 24.5 Å². The molecule has 5 rings (SSSR count). The minimum atomic E-state index is -0.997. The Kier molecular flexibility index (Phi) is 2.12. The molecule has 1 aromatic rings. The van der Waals surface area contributed by atoms with Gasteiger partial charge in [-0.25, -0.2) is 0 Å². The van der Waals surface area contributed by atoms with Crippen LogP contribution in [0.5, 0.6) is 0 Å². The predicted octanol–water partition coefficient (Wildman–Crippen LogP) is 0.914. The lowest BCUT2D eigenvalue weighted by Crippen LogP contribution is -2.49. The molecule has 0 radical (unpaired) electrons. The third-order valence-electron chi connectivity index (χ3n) is 5.14. The largest absolute Gasteiger partial charge is 0.481 e. The molecule has 0 aliphatic carbocycles. The molecule has 112 valence electrons. The summed E-state index contributed by atoms with van der Waals surface area (Å²) in [5.41, 5.74) is 0.740. The average Bonchev–Trinajstić information content (AvgIpc) is 3.16. The molecular formula is C16H13NO5. The number of hydrogen-bond acceptors (Lipinski definition) is 4. The van der Waals surface area contributed by atoms with Crippen molar-refractivity contribution in [2.75, 3.05) is 4.90 Å². The van der Waals surface area contributed by atoms with Gasteiger partial charge < -0.3 is 14.6 Å². The lowest BCUT2D eigenvalue weighted by molar-refractivity contribution is -0.146. The number of carbonyl (C=O) groups excluding carboxylic acids is 1. The summed E-state index contributed by atoms with van der Waals surface area (Å²) in [6, 6.07) is 7.53. The van der Waals surface area contributed by atoms with Crippen molar-refractivity contribution < 1.29 is 24.2 Å². The molecule has 2 saturated heterocycles. The van der Waals surface area contributed by atoms with Crippen LogP contribution in [0.15, 0.2) is 36.4 Å². The summed E-state index contributed by atoms with van der Waals surface area (Å²) in [6.45, 7) is 0.388. The molecule has 1 spiro atoms. The summed E-state index contributed by atoms with van der Waals surface area (Å²) in [6.07, 6.45) is 2.42. The maximum atomic E-state index is 13.0. The normalized spacial score (nSPS) is 40.5. The summed E-state index contributed by atoms with van der Waals surface area (Å²) in [5, 5.41) is 9.50. The van der Waals surface area contributed by atoms with Crippen LogP contribution in [-0.2, 0) is 25.7 Å². The number of fused-ring (bicyclic) bond motifs is 4. The van der Waals surface area contributed by atoms with Gasteiger partial charge in [-0.15, -0.1) is 0 Å². The zero-order valence-electron chi connectivity index (χ0n) is 11.5. The molecule has 0 unspecified atom stereocenters. The van der Waals surface area contributed by atoms with Crippen molar-refractivity contribution in [3.63, 3.8) is 0 Å². The minimum absolute atomic E-state index is 0.226. The first kappa shape index (κ1) is 12.4. The number of ether oxygens (including phenoxy) is 2. The maximum Gasteiger partial charge on any atom is 0.310 e. The van der Waals surface area contributed by atoms with E-state index in [1.807, 2.05) is 30.3 Å². The second kappa shape index (κ2) is 3.77. The van der Waals surface area contributed by atoms with Crippen LogP contribution in [0.1, 0.15) is 5.56 Å². The van der Waals surface area contributed by atoms with E-state index >= 15 is 0 Å². The fraction of sp³-hybridized carbons (Fsp3) is 0.375. The Labute approximate surface area is 125 Å². The van der Waals surface area contributed by atoms with Gasteiger partial charge in [-0.2, -0.15) is 0 Å². The van der Waals surface area contributed by atoms with Crippen molar-refractivity contribution in [2.24, 2.45) is 11.8 Å².